The number of nitrogens with one attached hydrogen (secondary N) is 1. The van der Waals surface area contributed by atoms with Gasteiger partial charge < -0.3 is 19.9 Å². The highest BCUT2D eigenvalue weighted by atomic mass is 79.9. The lowest BCUT2D eigenvalue weighted by atomic mass is 10.1. The van der Waals surface area contributed by atoms with Crippen molar-refractivity contribution >= 4 is 45.0 Å². The Morgan fingerprint density at radius 3 is 2.34 bits per heavy atom. The minimum Gasteiger partial charge on any atom is -0.371 e. The highest BCUT2D eigenvalue weighted by Crippen LogP contribution is 2.31. The van der Waals surface area contributed by atoms with E-state index in [1.54, 1.807) is 27.7 Å². The highest BCUT2D eigenvalue weighted by molar-refractivity contribution is 9.10. The molecule has 3 aliphatic heterocycles. The molecule has 7 rings (SSSR count). The van der Waals surface area contributed by atoms with Gasteiger partial charge in [0.05, 0.1) is 35.2 Å². The van der Waals surface area contributed by atoms with Crippen LogP contribution >= 0.6 is 27.5 Å². The molecule has 3 aromatic carbocycles. The van der Waals surface area contributed by atoms with Crippen LogP contribution in [0.5, 0.6) is 0 Å². The standard InChI is InChI=1S/C33H31BrClN5O4/c34-27-13-6-22(16-28(27)35)32(42)37-14-15-39-29(20-37)30(31(41)36-17-21-4-2-1-3-5-21)40(33(39)43)24-9-7-23(8-10-24)38-18-25-11-12-26(19-38)44-25/h1-10,13,16,25-26H,11-12,14-15,17-20H2,(H,36,41). The zero-order valence-electron chi connectivity index (χ0n) is 23.9. The number of fused-ring (bicyclic) bond motifs is 3. The number of carbonyl (C=O) groups excluding carboxylic acids is 2. The van der Waals surface area contributed by atoms with Gasteiger partial charge in [-0.2, -0.15) is 0 Å². The van der Waals surface area contributed by atoms with Gasteiger partial charge in [-0.1, -0.05) is 41.9 Å². The summed E-state index contributed by atoms with van der Waals surface area (Å²) < 4.78 is 9.79. The van der Waals surface area contributed by atoms with Crippen LogP contribution in [0.1, 0.15) is 44.9 Å². The van der Waals surface area contributed by atoms with E-state index in [1.165, 1.54) is 4.57 Å². The summed E-state index contributed by atoms with van der Waals surface area (Å²) >= 11 is 9.64. The number of benzene rings is 3. The van der Waals surface area contributed by atoms with E-state index in [-0.39, 0.29) is 48.5 Å². The second-order valence-electron chi connectivity index (χ2n) is 11.5. The lowest BCUT2D eigenvalue weighted by molar-refractivity contribution is 0.0305. The van der Waals surface area contributed by atoms with Gasteiger partial charge >= 0.3 is 5.69 Å². The van der Waals surface area contributed by atoms with Crippen molar-refractivity contribution in [3.8, 4) is 5.69 Å². The molecule has 2 bridgehead atoms. The molecule has 1 N–H and O–H groups in total. The lowest BCUT2D eigenvalue weighted by Gasteiger charge is -2.33. The Balaban J connectivity index is 1.23. The average molecular weight is 677 g/mol. The molecule has 0 aliphatic carbocycles. The number of ether oxygens (including phenoxy) is 1. The lowest BCUT2D eigenvalue weighted by Crippen LogP contribution is -2.42. The normalized spacial score (nSPS) is 19.1. The fourth-order valence-electron chi connectivity index (χ4n) is 6.42. The van der Waals surface area contributed by atoms with Gasteiger partial charge in [-0.15, -0.1) is 0 Å². The van der Waals surface area contributed by atoms with E-state index in [0.717, 1.165) is 37.2 Å². The third-order valence-corrected chi connectivity index (χ3v) is 9.89. The van der Waals surface area contributed by atoms with Gasteiger partial charge in [0.25, 0.3) is 11.8 Å². The molecule has 4 aromatic rings. The van der Waals surface area contributed by atoms with Crippen LogP contribution in [0.3, 0.4) is 0 Å². The molecule has 0 radical (unpaired) electrons. The summed E-state index contributed by atoms with van der Waals surface area (Å²) in [6.07, 6.45) is 2.68. The highest BCUT2D eigenvalue weighted by Gasteiger charge is 2.35. The van der Waals surface area contributed by atoms with Gasteiger partial charge in [-0.3, -0.25) is 18.7 Å². The van der Waals surface area contributed by atoms with Crippen LogP contribution in [0.25, 0.3) is 5.69 Å². The van der Waals surface area contributed by atoms with Gasteiger partial charge in [-0.05, 0) is 76.8 Å². The number of hydrogen-bond acceptors (Lipinski definition) is 5. The van der Waals surface area contributed by atoms with Crippen LogP contribution in [0, 0.1) is 0 Å². The zero-order valence-corrected chi connectivity index (χ0v) is 26.3. The van der Waals surface area contributed by atoms with Gasteiger partial charge in [0.2, 0.25) is 0 Å². The first kappa shape index (κ1) is 28.9. The third kappa shape index (κ3) is 5.46. The fraction of sp³-hybridized carbons (Fsp3) is 0.303. The van der Waals surface area contributed by atoms with Crippen LogP contribution in [0.4, 0.5) is 5.69 Å². The molecule has 2 atom stereocenters. The maximum Gasteiger partial charge on any atom is 0.333 e. The van der Waals surface area contributed by atoms with E-state index in [4.69, 9.17) is 16.3 Å². The molecule has 2 saturated heterocycles. The average Bonchev–Trinajstić information content (AvgIpc) is 3.55. The van der Waals surface area contributed by atoms with Crippen molar-refractivity contribution in [3.05, 3.63) is 115 Å². The van der Waals surface area contributed by atoms with Crippen molar-refractivity contribution in [1.82, 2.24) is 19.4 Å². The Labute approximate surface area is 268 Å². The monoisotopic (exact) mass is 675 g/mol. The molecular weight excluding hydrogens is 646 g/mol. The van der Waals surface area contributed by atoms with E-state index in [9.17, 15) is 14.4 Å². The molecule has 44 heavy (non-hydrogen) atoms. The maximum atomic E-state index is 13.9. The fourth-order valence-corrected chi connectivity index (χ4v) is 6.84. The molecule has 2 amide bonds. The Morgan fingerprint density at radius 1 is 0.932 bits per heavy atom. The number of morpholine rings is 1. The van der Waals surface area contributed by atoms with E-state index < -0.39 is 0 Å². The molecule has 4 heterocycles. The number of halogens is 2. The van der Waals surface area contributed by atoms with E-state index in [1.807, 2.05) is 54.6 Å². The number of anilines is 1. The zero-order chi connectivity index (χ0) is 30.4. The Kier molecular flexibility index (Phi) is 7.82. The SMILES string of the molecule is O=C(NCc1ccccc1)c1c2n(c(=O)n1-c1ccc(N3CC4CCC(C3)O4)cc1)CCN(C(=O)c1ccc(Br)c(Cl)c1)C2. The van der Waals surface area contributed by atoms with Crippen molar-refractivity contribution in [1.29, 1.82) is 0 Å². The molecule has 9 nitrogen and oxygen atoms in total. The second kappa shape index (κ2) is 11.9. The maximum absolute atomic E-state index is 13.9. The Hall–Kier alpha value is -3.86. The summed E-state index contributed by atoms with van der Waals surface area (Å²) in [5.74, 6) is -0.597. The predicted octanol–water partition coefficient (Wildman–Crippen LogP) is 5.01. The molecule has 0 spiro atoms. The summed E-state index contributed by atoms with van der Waals surface area (Å²) in [5.41, 5.74) is 3.46. The van der Waals surface area contributed by atoms with Gasteiger partial charge in [0, 0.05) is 48.4 Å². The largest absolute Gasteiger partial charge is 0.371 e. The predicted molar refractivity (Wildman–Crippen MR) is 172 cm³/mol. The Morgan fingerprint density at radius 2 is 1.64 bits per heavy atom. The van der Waals surface area contributed by atoms with E-state index in [2.05, 4.69) is 26.1 Å². The second-order valence-corrected chi connectivity index (χ2v) is 12.7. The summed E-state index contributed by atoms with van der Waals surface area (Å²) in [5, 5.41) is 3.43. The van der Waals surface area contributed by atoms with Crippen molar-refractivity contribution in [2.24, 2.45) is 0 Å². The van der Waals surface area contributed by atoms with Crippen LogP contribution in [-0.2, 0) is 24.4 Å². The van der Waals surface area contributed by atoms with Gasteiger partial charge in [-0.25, -0.2) is 4.79 Å². The van der Waals surface area contributed by atoms with Gasteiger partial charge in [0.1, 0.15) is 5.69 Å². The summed E-state index contributed by atoms with van der Waals surface area (Å²) in [4.78, 5) is 45.3. The number of imidazole rings is 1. The Bertz CT molecular complexity index is 1780. The van der Waals surface area contributed by atoms with Crippen molar-refractivity contribution < 1.29 is 14.3 Å². The first-order chi connectivity index (χ1) is 21.4. The molecule has 2 unspecified atom stereocenters. The number of hydrogen-bond donors (Lipinski definition) is 1. The van der Waals surface area contributed by atoms with Crippen molar-refractivity contribution in [2.45, 2.75) is 44.7 Å². The molecule has 3 aliphatic rings. The van der Waals surface area contributed by atoms with Crippen LogP contribution in [0.15, 0.2) is 82.1 Å². The number of nitrogens with zero attached hydrogens (tertiary/aromatic N) is 4. The van der Waals surface area contributed by atoms with Crippen LogP contribution < -0.4 is 15.9 Å². The van der Waals surface area contributed by atoms with Crippen molar-refractivity contribution in [2.75, 3.05) is 24.5 Å². The first-order valence-electron chi connectivity index (χ1n) is 14.8. The van der Waals surface area contributed by atoms with Gasteiger partial charge in [0.15, 0.2) is 0 Å². The molecule has 2 fully saturated rings. The smallest absolute Gasteiger partial charge is 0.333 e. The molecule has 0 saturated carbocycles. The summed E-state index contributed by atoms with van der Waals surface area (Å²) in [6.45, 7) is 2.69. The summed E-state index contributed by atoms with van der Waals surface area (Å²) in [7, 11) is 0. The van der Waals surface area contributed by atoms with Crippen molar-refractivity contribution in [3.63, 3.8) is 0 Å². The third-order valence-electron chi connectivity index (χ3n) is 8.66. The van der Waals surface area contributed by atoms with Crippen LogP contribution in [0.2, 0.25) is 5.02 Å². The summed E-state index contributed by atoms with van der Waals surface area (Å²) in [6, 6.07) is 22.5. The minimum atomic E-state index is -0.380. The number of rotatable bonds is 6. The molecule has 11 heteroatoms. The number of aromatic nitrogens is 2. The molecular formula is C33H31BrClN5O4. The van der Waals surface area contributed by atoms with Crippen LogP contribution in [-0.4, -0.2) is 57.7 Å². The molecule has 226 valence electrons. The topological polar surface area (TPSA) is 88.8 Å². The number of amides is 2. The molecule has 1 aromatic heterocycles. The number of carbonyl (C=O) groups is 2. The van der Waals surface area contributed by atoms with E-state index >= 15 is 0 Å². The minimum absolute atomic E-state index is 0.109. The quantitative estimate of drug-likeness (QED) is 0.311. The first-order valence-corrected chi connectivity index (χ1v) is 15.9. The van der Waals surface area contributed by atoms with E-state index in [0.29, 0.717) is 39.5 Å².